The highest BCUT2D eigenvalue weighted by atomic mass is 35.5. The van der Waals surface area contributed by atoms with Gasteiger partial charge in [0, 0.05) is 12.6 Å². The molecule has 98 valence electrons. The van der Waals surface area contributed by atoms with E-state index in [-0.39, 0.29) is 10.3 Å². The highest BCUT2D eigenvalue weighted by Crippen LogP contribution is 2.29. The van der Waals surface area contributed by atoms with Gasteiger partial charge in [0.1, 0.15) is 4.21 Å². The first-order valence-electron chi connectivity index (χ1n) is 5.35. The van der Waals surface area contributed by atoms with Gasteiger partial charge in [-0.3, -0.25) is 0 Å². The Kier molecular flexibility index (Phi) is 5.40. The van der Waals surface area contributed by atoms with Crippen LogP contribution in [0.15, 0.2) is 10.3 Å². The zero-order chi connectivity index (χ0) is 13.1. The van der Waals surface area contributed by atoms with Crippen LogP contribution >= 0.6 is 22.9 Å². The predicted octanol–water partition coefficient (Wildman–Crippen LogP) is 1.99. The molecule has 7 heteroatoms. The molecule has 1 rings (SSSR count). The number of hydrogen-bond acceptors (Lipinski definition) is 4. The highest BCUT2D eigenvalue weighted by Gasteiger charge is 2.18. The van der Waals surface area contributed by atoms with E-state index in [1.165, 1.54) is 0 Å². The summed E-state index contributed by atoms with van der Waals surface area (Å²) in [5.41, 5.74) is 0.789. The molecule has 0 aliphatic rings. The van der Waals surface area contributed by atoms with Crippen LogP contribution < -0.4 is 10.0 Å². The Hall–Kier alpha value is -0.140. The molecule has 0 saturated carbocycles. The van der Waals surface area contributed by atoms with E-state index in [1.807, 2.05) is 13.8 Å². The van der Waals surface area contributed by atoms with E-state index in [4.69, 9.17) is 11.6 Å². The normalized spacial score (nSPS) is 13.9. The molecule has 1 aromatic heterocycles. The molecule has 1 atom stereocenters. The summed E-state index contributed by atoms with van der Waals surface area (Å²) < 4.78 is 27.2. The van der Waals surface area contributed by atoms with Crippen LogP contribution in [0.3, 0.4) is 0 Å². The first-order chi connectivity index (χ1) is 7.86. The second kappa shape index (κ2) is 6.15. The number of sulfonamides is 1. The van der Waals surface area contributed by atoms with Crippen LogP contribution in [0, 0.1) is 6.92 Å². The first kappa shape index (κ1) is 14.9. The standard InChI is InChI=1S/C10H17ClN2O2S2/c1-4-12-8(3)6-13-17(14,15)9-5-7(2)10(11)16-9/h5,8,12-13H,4,6H2,1-3H3/t8-/m1/s1. The van der Waals surface area contributed by atoms with Crippen molar-refractivity contribution in [2.24, 2.45) is 0 Å². The zero-order valence-electron chi connectivity index (χ0n) is 10.1. The Morgan fingerprint density at radius 3 is 2.65 bits per heavy atom. The Labute approximate surface area is 111 Å². The number of thiophene rings is 1. The van der Waals surface area contributed by atoms with E-state index in [0.29, 0.717) is 10.9 Å². The van der Waals surface area contributed by atoms with Crippen molar-refractivity contribution >= 4 is 33.0 Å². The van der Waals surface area contributed by atoms with Gasteiger partial charge in [-0.25, -0.2) is 13.1 Å². The number of aryl methyl sites for hydroxylation is 1. The molecule has 4 nitrogen and oxygen atoms in total. The third-order valence-electron chi connectivity index (χ3n) is 2.23. The number of nitrogens with one attached hydrogen (secondary N) is 2. The van der Waals surface area contributed by atoms with Crippen molar-refractivity contribution in [2.45, 2.75) is 31.0 Å². The van der Waals surface area contributed by atoms with Gasteiger partial charge < -0.3 is 5.32 Å². The van der Waals surface area contributed by atoms with E-state index < -0.39 is 10.0 Å². The van der Waals surface area contributed by atoms with Crippen LogP contribution in [0.25, 0.3) is 0 Å². The summed E-state index contributed by atoms with van der Waals surface area (Å²) in [6.45, 7) is 6.88. The fraction of sp³-hybridized carbons (Fsp3) is 0.600. The maximum absolute atomic E-state index is 11.9. The minimum Gasteiger partial charge on any atom is -0.313 e. The van der Waals surface area contributed by atoms with Gasteiger partial charge in [-0.1, -0.05) is 18.5 Å². The molecule has 0 spiro atoms. The van der Waals surface area contributed by atoms with E-state index >= 15 is 0 Å². The van der Waals surface area contributed by atoms with Gasteiger partial charge in [-0.05, 0) is 32.0 Å². The number of rotatable bonds is 6. The van der Waals surface area contributed by atoms with E-state index in [9.17, 15) is 8.42 Å². The Morgan fingerprint density at radius 2 is 2.18 bits per heavy atom. The van der Waals surface area contributed by atoms with Crippen LogP contribution in [0.2, 0.25) is 4.34 Å². The fourth-order valence-electron chi connectivity index (χ4n) is 1.29. The summed E-state index contributed by atoms with van der Waals surface area (Å²) in [5.74, 6) is 0. The maximum atomic E-state index is 11.9. The molecule has 1 heterocycles. The smallest absolute Gasteiger partial charge is 0.250 e. The molecule has 1 aromatic rings. The average molecular weight is 297 g/mol. The monoisotopic (exact) mass is 296 g/mol. The van der Waals surface area contributed by atoms with Crippen molar-refractivity contribution in [3.05, 3.63) is 16.0 Å². The van der Waals surface area contributed by atoms with Gasteiger partial charge in [0.2, 0.25) is 10.0 Å². The van der Waals surface area contributed by atoms with Crippen molar-refractivity contribution < 1.29 is 8.42 Å². The minimum atomic E-state index is -3.43. The van der Waals surface area contributed by atoms with Gasteiger partial charge in [-0.15, -0.1) is 11.3 Å². The Balaban J connectivity index is 2.69. The predicted molar refractivity (Wildman–Crippen MR) is 72.4 cm³/mol. The van der Waals surface area contributed by atoms with Crippen LogP contribution in [0.4, 0.5) is 0 Å². The fourth-order valence-corrected chi connectivity index (χ4v) is 4.17. The molecule has 0 unspecified atom stereocenters. The molecular formula is C10H17ClN2O2S2. The topological polar surface area (TPSA) is 58.2 Å². The summed E-state index contributed by atoms with van der Waals surface area (Å²) in [7, 11) is -3.43. The van der Waals surface area contributed by atoms with Crippen LogP contribution in [0.1, 0.15) is 19.4 Å². The summed E-state index contributed by atoms with van der Waals surface area (Å²) >= 11 is 6.94. The molecule has 0 aromatic carbocycles. The first-order valence-corrected chi connectivity index (χ1v) is 8.03. The van der Waals surface area contributed by atoms with Crippen LogP contribution in [0.5, 0.6) is 0 Å². The molecule has 2 N–H and O–H groups in total. The number of halogens is 1. The zero-order valence-corrected chi connectivity index (χ0v) is 12.5. The second-order valence-electron chi connectivity index (χ2n) is 3.83. The van der Waals surface area contributed by atoms with Crippen molar-refractivity contribution in [3.63, 3.8) is 0 Å². The lowest BCUT2D eigenvalue weighted by Gasteiger charge is -2.12. The summed E-state index contributed by atoms with van der Waals surface area (Å²) in [5, 5.41) is 3.14. The lowest BCUT2D eigenvalue weighted by Crippen LogP contribution is -2.38. The van der Waals surface area contributed by atoms with Crippen LogP contribution in [-0.2, 0) is 10.0 Å². The Bertz CT molecular complexity index is 451. The molecule has 17 heavy (non-hydrogen) atoms. The number of likely N-dealkylation sites (N-methyl/N-ethyl adjacent to an activating group) is 1. The third-order valence-corrected chi connectivity index (χ3v) is 5.68. The molecule has 0 bridgehead atoms. The van der Waals surface area contributed by atoms with Gasteiger partial charge in [-0.2, -0.15) is 0 Å². The summed E-state index contributed by atoms with van der Waals surface area (Å²) in [6, 6.07) is 1.69. The lowest BCUT2D eigenvalue weighted by molar-refractivity contribution is 0.537. The molecule has 0 aliphatic heterocycles. The summed E-state index contributed by atoms with van der Waals surface area (Å²) in [4.78, 5) is 0. The lowest BCUT2D eigenvalue weighted by atomic mass is 10.3. The second-order valence-corrected chi connectivity index (χ2v) is 7.48. The van der Waals surface area contributed by atoms with E-state index in [1.54, 1.807) is 13.0 Å². The SMILES string of the molecule is CCN[C@H](C)CNS(=O)(=O)c1cc(C)c(Cl)s1. The van der Waals surface area contributed by atoms with Gasteiger partial charge in [0.25, 0.3) is 0 Å². The molecule has 0 radical (unpaired) electrons. The quantitative estimate of drug-likeness (QED) is 0.844. The Morgan fingerprint density at radius 1 is 1.53 bits per heavy atom. The largest absolute Gasteiger partial charge is 0.313 e. The van der Waals surface area contributed by atoms with Gasteiger partial charge in [0.15, 0.2) is 0 Å². The summed E-state index contributed by atoms with van der Waals surface area (Å²) in [6.07, 6.45) is 0. The molecule has 0 amide bonds. The molecule has 0 fully saturated rings. The average Bonchev–Trinajstić information content (AvgIpc) is 2.58. The van der Waals surface area contributed by atoms with Crippen molar-refractivity contribution in [1.82, 2.24) is 10.0 Å². The molecular weight excluding hydrogens is 280 g/mol. The van der Waals surface area contributed by atoms with Crippen LogP contribution in [-0.4, -0.2) is 27.5 Å². The number of hydrogen-bond donors (Lipinski definition) is 2. The van der Waals surface area contributed by atoms with E-state index in [2.05, 4.69) is 10.0 Å². The molecule has 0 saturated heterocycles. The van der Waals surface area contributed by atoms with Crippen molar-refractivity contribution in [2.75, 3.05) is 13.1 Å². The minimum absolute atomic E-state index is 0.103. The molecule has 0 aliphatic carbocycles. The maximum Gasteiger partial charge on any atom is 0.250 e. The van der Waals surface area contributed by atoms with Gasteiger partial charge >= 0.3 is 0 Å². The third kappa shape index (κ3) is 4.22. The van der Waals surface area contributed by atoms with E-state index in [0.717, 1.165) is 23.4 Å². The highest BCUT2D eigenvalue weighted by molar-refractivity contribution is 7.91. The van der Waals surface area contributed by atoms with Crippen molar-refractivity contribution in [3.8, 4) is 0 Å². The van der Waals surface area contributed by atoms with Gasteiger partial charge in [0.05, 0.1) is 4.34 Å². The van der Waals surface area contributed by atoms with Crippen molar-refractivity contribution in [1.29, 1.82) is 0 Å².